The van der Waals surface area contributed by atoms with E-state index in [4.69, 9.17) is 19.9 Å². The Morgan fingerprint density at radius 2 is 0.831 bits per heavy atom. The third-order valence-corrected chi connectivity index (χ3v) is 19.3. The summed E-state index contributed by atoms with van der Waals surface area (Å²) in [6, 6.07) is 101. The molecule has 0 N–H and O–H groups in total. The fraction of sp³-hybridized carbons (Fsp3) is 0. The van der Waals surface area contributed by atoms with Crippen molar-refractivity contribution in [2.45, 2.75) is 0 Å². The molecular weight excluding hydrogens is 1080 g/mol. The summed E-state index contributed by atoms with van der Waals surface area (Å²) in [4.78, 5) is 21.0. The van der Waals surface area contributed by atoms with Crippen molar-refractivity contribution in [2.75, 3.05) is 0 Å². The molecule has 0 unspecified atom stereocenters. The summed E-state index contributed by atoms with van der Waals surface area (Å²) in [5.74, 6) is 1.15. The van der Waals surface area contributed by atoms with Crippen LogP contribution in [0.2, 0.25) is 0 Å². The van der Waals surface area contributed by atoms with Gasteiger partial charge in [-0.3, -0.25) is 9.55 Å². The number of benzene rings is 15. The van der Waals surface area contributed by atoms with Crippen LogP contribution in [0, 0.1) is 0 Å². The zero-order valence-electron chi connectivity index (χ0n) is 47.9. The fourth-order valence-electron chi connectivity index (χ4n) is 15.5. The summed E-state index contributed by atoms with van der Waals surface area (Å²) in [6.07, 6.45) is 3.74. The summed E-state index contributed by atoms with van der Waals surface area (Å²) in [6.45, 7) is 0. The predicted octanol–water partition coefficient (Wildman–Crippen LogP) is 22.1. The molecule has 2 aliphatic rings. The smallest absolute Gasteiger partial charge is 0.238 e. The van der Waals surface area contributed by atoms with Crippen LogP contribution in [-0.2, 0) is 0 Å². The number of hydrogen-bond acceptors (Lipinski definition) is 4. The Morgan fingerprint density at radius 1 is 0.247 bits per heavy atom. The molecule has 0 saturated heterocycles. The van der Waals surface area contributed by atoms with E-state index in [0.29, 0.717) is 11.8 Å². The topological polar surface area (TPSA) is 56.5 Å². The number of rotatable bonds is 6. The normalized spacial score (nSPS) is 12.3. The minimum absolute atomic E-state index is 0.563. The molecule has 0 aliphatic heterocycles. The Morgan fingerprint density at radius 3 is 1.65 bits per heavy atom. The van der Waals surface area contributed by atoms with E-state index in [2.05, 4.69) is 284 Å². The van der Waals surface area contributed by atoms with Crippen LogP contribution in [0.4, 0.5) is 0 Å². The van der Waals surface area contributed by atoms with Crippen LogP contribution in [0.5, 0.6) is 0 Å². The van der Waals surface area contributed by atoms with Gasteiger partial charge in [-0.2, -0.15) is 4.98 Å². The molecule has 408 valence electrons. The van der Waals surface area contributed by atoms with Crippen molar-refractivity contribution in [3.8, 4) is 106 Å². The quantitative estimate of drug-likeness (QED) is 0.123. The van der Waals surface area contributed by atoms with Gasteiger partial charge < -0.3 is 0 Å². The highest BCUT2D eigenvalue weighted by Crippen LogP contribution is 2.58. The van der Waals surface area contributed by atoms with Crippen LogP contribution < -0.4 is 0 Å². The van der Waals surface area contributed by atoms with E-state index in [1.54, 1.807) is 6.33 Å². The van der Waals surface area contributed by atoms with E-state index in [9.17, 15) is 0 Å². The summed E-state index contributed by atoms with van der Waals surface area (Å²) >= 11 is 0. The maximum absolute atomic E-state index is 5.49. The van der Waals surface area contributed by atoms with Gasteiger partial charge in [0.25, 0.3) is 0 Å². The minimum atomic E-state index is 0.563. The number of pyridine rings is 1. The molecule has 0 radical (unpaired) electrons. The van der Waals surface area contributed by atoms with Gasteiger partial charge in [-0.15, -0.1) is 0 Å². The zero-order valence-corrected chi connectivity index (χ0v) is 47.9. The average molecular weight is 1130 g/mol. The van der Waals surface area contributed by atoms with Gasteiger partial charge in [0.1, 0.15) is 6.33 Å². The molecule has 89 heavy (non-hydrogen) atoms. The van der Waals surface area contributed by atoms with Gasteiger partial charge in [0.2, 0.25) is 5.95 Å². The summed E-state index contributed by atoms with van der Waals surface area (Å²) in [5.41, 5.74) is 22.7. The first kappa shape index (κ1) is 48.3. The van der Waals surface area contributed by atoms with Crippen LogP contribution in [0.1, 0.15) is 0 Å². The fourth-order valence-corrected chi connectivity index (χ4v) is 15.5. The van der Waals surface area contributed by atoms with Gasteiger partial charge in [0.05, 0.1) is 16.6 Å². The molecule has 0 bridgehead atoms. The lowest BCUT2D eigenvalue weighted by atomic mass is 9.83. The lowest BCUT2D eigenvalue weighted by molar-refractivity contribution is 0.947. The molecular formula is C84H47N5. The van der Waals surface area contributed by atoms with Gasteiger partial charge in [0.15, 0.2) is 5.82 Å². The van der Waals surface area contributed by atoms with E-state index in [0.717, 1.165) is 82.8 Å². The third-order valence-electron chi connectivity index (χ3n) is 19.3. The highest BCUT2D eigenvalue weighted by Gasteiger charge is 2.32. The second kappa shape index (κ2) is 18.3. The zero-order chi connectivity index (χ0) is 58.0. The predicted molar refractivity (Wildman–Crippen MR) is 371 cm³/mol. The van der Waals surface area contributed by atoms with E-state index in [-0.39, 0.29) is 0 Å². The molecule has 0 amide bonds. The van der Waals surface area contributed by atoms with E-state index < -0.39 is 0 Å². The lowest BCUT2D eigenvalue weighted by Gasteiger charge is -2.20. The van der Waals surface area contributed by atoms with Crippen molar-refractivity contribution in [2.24, 2.45) is 0 Å². The molecule has 0 atom stereocenters. The van der Waals surface area contributed by atoms with E-state index in [1.165, 1.54) is 109 Å². The van der Waals surface area contributed by atoms with Crippen molar-refractivity contribution in [1.29, 1.82) is 0 Å². The Bertz CT molecular complexity index is 6140. The maximum Gasteiger partial charge on any atom is 0.238 e. The Labute approximate surface area is 510 Å². The number of nitrogens with zero attached hydrogens (tertiary/aromatic N) is 5. The molecule has 5 heteroatoms. The summed E-state index contributed by atoms with van der Waals surface area (Å²) in [7, 11) is 0. The number of para-hydroxylation sites is 2. The number of hydrogen-bond donors (Lipinski definition) is 0. The molecule has 18 aromatic rings. The van der Waals surface area contributed by atoms with E-state index in [1.807, 2.05) is 0 Å². The van der Waals surface area contributed by atoms with Gasteiger partial charge in [-0.05, 0) is 215 Å². The molecule has 0 spiro atoms. The molecule has 0 saturated carbocycles. The standard InChI is InChI=1S/C84H47N5/c1-2-17-50-37-53(32-31-48(50)15-1)51-20-13-21-52(38-51)59-40-57-42-69(65-35-36-68-78-60-23-6-3-16-49(60)33-34-66(78)71-41-55-19-5-8-25-62(55)80(65)82(68)71)70(45-74(57)85-46-59)72-43-58(44-73-79(72)67-28-14-22-56-39-54-18-4-7-24-61(54)81(73)77(56)67)83-86-47-87-84(88-83)89-75-29-11-9-26-63(75)64-27-10-12-30-76(64)89/h1-47H. The van der Waals surface area contributed by atoms with Crippen LogP contribution in [0.15, 0.2) is 286 Å². The first-order valence-corrected chi connectivity index (χ1v) is 30.5. The van der Waals surface area contributed by atoms with Crippen molar-refractivity contribution in [3.63, 3.8) is 0 Å². The second-order valence-corrected chi connectivity index (χ2v) is 24.0. The molecule has 20 rings (SSSR count). The van der Waals surface area contributed by atoms with Crippen LogP contribution in [-0.4, -0.2) is 24.5 Å². The second-order valence-electron chi connectivity index (χ2n) is 24.0. The largest absolute Gasteiger partial charge is 0.278 e. The van der Waals surface area contributed by atoms with Crippen molar-refractivity contribution < 1.29 is 0 Å². The third kappa shape index (κ3) is 7.01. The Kier molecular flexibility index (Phi) is 9.94. The molecule has 2 aliphatic carbocycles. The van der Waals surface area contributed by atoms with E-state index >= 15 is 0 Å². The Hall–Kier alpha value is -11.9. The number of aromatic nitrogens is 5. The van der Waals surface area contributed by atoms with Gasteiger partial charge in [-0.1, -0.05) is 206 Å². The average Bonchev–Trinajstić information content (AvgIpc) is 1.61. The molecule has 0 fully saturated rings. The highest BCUT2D eigenvalue weighted by atomic mass is 15.2. The molecule has 3 aromatic heterocycles. The highest BCUT2D eigenvalue weighted by molar-refractivity contribution is 6.31. The van der Waals surface area contributed by atoms with Gasteiger partial charge in [0, 0.05) is 33.5 Å². The molecule has 3 heterocycles. The number of fused-ring (bicyclic) bond motifs is 17. The maximum atomic E-state index is 5.49. The monoisotopic (exact) mass is 1130 g/mol. The SMILES string of the molecule is c1cc(-c2ccc3ccccc3c2)cc(-c2cnc3cc(-c4cc(-c5ncnc(-n6c7ccccc7c7ccccc76)n5)cc5c4-c4cccc6cc7ccccc7c-5c46)c(-c4ccc5c6c(cc7ccccc7c46)-c4ccc6ccccc6c4-5)cc3c2)c1. The first-order valence-electron chi connectivity index (χ1n) is 30.5. The van der Waals surface area contributed by atoms with Crippen LogP contribution in [0.3, 0.4) is 0 Å². The molecule has 5 nitrogen and oxygen atoms in total. The van der Waals surface area contributed by atoms with Gasteiger partial charge >= 0.3 is 0 Å². The summed E-state index contributed by atoms with van der Waals surface area (Å²) in [5, 5.41) is 18.1. The minimum Gasteiger partial charge on any atom is -0.278 e. The van der Waals surface area contributed by atoms with Crippen LogP contribution in [0.25, 0.3) is 204 Å². The Balaban J connectivity index is 0.881. The first-order chi connectivity index (χ1) is 44.1. The van der Waals surface area contributed by atoms with Crippen molar-refractivity contribution >= 4 is 97.3 Å². The van der Waals surface area contributed by atoms with Crippen LogP contribution >= 0.6 is 0 Å². The molecule has 15 aromatic carbocycles. The summed E-state index contributed by atoms with van der Waals surface area (Å²) < 4.78 is 2.18. The lowest BCUT2D eigenvalue weighted by Crippen LogP contribution is -2.03. The van der Waals surface area contributed by atoms with Crippen molar-refractivity contribution in [1.82, 2.24) is 24.5 Å². The van der Waals surface area contributed by atoms with Crippen molar-refractivity contribution in [3.05, 3.63) is 286 Å². The van der Waals surface area contributed by atoms with Gasteiger partial charge in [-0.25, -0.2) is 9.97 Å².